The van der Waals surface area contributed by atoms with E-state index in [4.69, 9.17) is 10.0 Å². The minimum Gasteiger partial charge on any atom is -0.423 e. The Labute approximate surface area is 512 Å². The lowest BCUT2D eigenvalue weighted by Gasteiger charge is -2.14. The Bertz CT molecular complexity index is 5070. The molecule has 8 nitrogen and oxygen atoms in total. The summed E-state index contributed by atoms with van der Waals surface area (Å²) >= 11 is 2.44. The molecular formula is C76H54BIN6O2. The molecule has 10 heteroatoms. The molecule has 16 rings (SSSR count). The van der Waals surface area contributed by atoms with Crippen LogP contribution in [0.25, 0.3) is 143 Å². The second-order valence-electron chi connectivity index (χ2n) is 21.1. The number of aromatic nitrogens is 6. The van der Waals surface area contributed by atoms with Crippen molar-refractivity contribution in [2.24, 2.45) is 0 Å². The average molecular weight is 1220 g/mol. The molecule has 0 bridgehead atoms. The van der Waals surface area contributed by atoms with E-state index in [9.17, 15) is 0 Å². The van der Waals surface area contributed by atoms with Crippen LogP contribution in [0, 0.1) is 3.57 Å². The van der Waals surface area contributed by atoms with Crippen LogP contribution in [0.2, 0.25) is 0 Å². The maximum absolute atomic E-state index is 8.92. The average Bonchev–Trinajstić information content (AvgIpc) is 2.42. The van der Waals surface area contributed by atoms with Crippen molar-refractivity contribution in [2.45, 2.75) is 0 Å². The maximum Gasteiger partial charge on any atom is 0.488 e. The molecule has 12 aromatic carbocycles. The van der Waals surface area contributed by atoms with E-state index in [-0.39, 0.29) is 1.43 Å². The van der Waals surface area contributed by atoms with Crippen LogP contribution in [-0.2, 0) is 0 Å². The Morgan fingerprint density at radius 2 is 0.698 bits per heavy atom. The molecule has 0 aliphatic carbocycles. The topological polar surface area (TPSA) is 124 Å². The van der Waals surface area contributed by atoms with Crippen LogP contribution < -0.4 is 5.46 Å². The summed E-state index contributed by atoms with van der Waals surface area (Å²) in [5.41, 5.74) is 21.2. The number of hydrogen-bond donors (Lipinski definition) is 4. The molecule has 0 atom stereocenters. The molecule has 0 spiro atoms. The number of para-hydroxylation sites is 2. The highest BCUT2D eigenvalue weighted by Gasteiger charge is 2.15. The standard InChI is InChI=1S/C38H25N3.C28H18IN.C10H9BN2O2.H2/c1-2-10-36-33(7-1)34-23-30(19-20-37(34)41-36)25-11-13-26(14-12-25)31-8-3-5-29-6-4-9-32(38(29)31)27-15-17-28(18-16-27)35-21-22-39-24-40-35;29-25-9-4-6-20-5-3-8-22(28(20)25)19-13-11-18(12-14-19)21-15-16-27-24(17-21)23-7-1-2-10-26(23)30-27;14-11(15)9-3-1-8(2-4-9)10-5-6-12-7-13-10;/h1-24,41H;1-17,30H;1-7,14-15H;1H/i;;;1+1. The highest BCUT2D eigenvalue weighted by atomic mass is 127. The first-order chi connectivity index (χ1) is 42.4. The summed E-state index contributed by atoms with van der Waals surface area (Å²) in [6.45, 7) is 0. The number of benzene rings is 12. The lowest BCUT2D eigenvalue weighted by Crippen LogP contribution is -2.29. The molecule has 4 heterocycles. The lowest BCUT2D eigenvalue weighted by atomic mass is 9.80. The summed E-state index contributed by atoms with van der Waals surface area (Å²) < 4.78 is 1.29. The van der Waals surface area contributed by atoms with Gasteiger partial charge in [-0.3, -0.25) is 0 Å². The molecule has 0 aliphatic heterocycles. The van der Waals surface area contributed by atoms with Gasteiger partial charge in [0.05, 0.1) is 11.4 Å². The molecule has 4 aromatic heterocycles. The Balaban J connectivity index is 0.000000133. The second kappa shape index (κ2) is 23.7. The fourth-order valence-corrected chi connectivity index (χ4v) is 12.5. The third-order valence-corrected chi connectivity index (χ3v) is 16.9. The van der Waals surface area contributed by atoms with Crippen molar-refractivity contribution in [3.05, 3.63) is 296 Å². The van der Waals surface area contributed by atoms with Gasteiger partial charge in [-0.15, -0.1) is 0 Å². The quantitative estimate of drug-likeness (QED) is 0.0888. The van der Waals surface area contributed by atoms with Crippen molar-refractivity contribution < 1.29 is 11.5 Å². The van der Waals surface area contributed by atoms with E-state index < -0.39 is 7.12 Å². The smallest absolute Gasteiger partial charge is 0.423 e. The zero-order valence-corrected chi connectivity index (χ0v) is 48.5. The van der Waals surface area contributed by atoms with Crippen LogP contribution in [0.15, 0.2) is 292 Å². The maximum atomic E-state index is 8.92. The van der Waals surface area contributed by atoms with Crippen molar-refractivity contribution in [3.63, 3.8) is 0 Å². The molecular weight excluding hydrogens is 1170 g/mol. The SMILES string of the molecule is Ic1cccc2cccc(-c3ccc(-c4ccc5[nH]c6ccccc6c5c4)cc3)c12.OB(O)c1ccc(-c2ccncn2)cc1.[2HH].c1cc(-c2ccc(-c3ccc4[nH]c5ccccc5c4c3)cc2)c2c(-c3ccc(-c4ccncn4)cc3)cccc2c1. The van der Waals surface area contributed by atoms with Crippen molar-refractivity contribution in [2.75, 3.05) is 0 Å². The van der Waals surface area contributed by atoms with Gasteiger partial charge in [-0.25, -0.2) is 19.9 Å². The van der Waals surface area contributed by atoms with Gasteiger partial charge < -0.3 is 20.0 Å². The second-order valence-corrected chi connectivity index (χ2v) is 22.3. The van der Waals surface area contributed by atoms with Crippen LogP contribution in [0.4, 0.5) is 0 Å². The molecule has 0 amide bonds. The number of fused-ring (bicyclic) bond motifs is 8. The number of H-pyrrole nitrogens is 2. The first kappa shape index (κ1) is 53.6. The highest BCUT2D eigenvalue weighted by Crippen LogP contribution is 2.40. The molecule has 4 N–H and O–H groups in total. The summed E-state index contributed by atoms with van der Waals surface area (Å²) in [5.74, 6) is 0. The molecule has 0 saturated heterocycles. The molecule has 0 unspecified atom stereocenters. The molecule has 0 aliphatic rings. The van der Waals surface area contributed by atoms with Crippen LogP contribution in [0.1, 0.15) is 1.43 Å². The minimum atomic E-state index is -1.43. The number of nitrogens with one attached hydrogen (secondary N) is 2. The van der Waals surface area contributed by atoms with Gasteiger partial charge in [-0.05, 0) is 154 Å². The van der Waals surface area contributed by atoms with Crippen molar-refractivity contribution in [1.82, 2.24) is 29.9 Å². The summed E-state index contributed by atoms with van der Waals surface area (Å²) in [4.78, 5) is 23.4. The lowest BCUT2D eigenvalue weighted by molar-refractivity contribution is 0.426. The number of aromatic amines is 2. The monoisotopic (exact) mass is 1220 g/mol. The molecule has 0 saturated carbocycles. The first-order valence-electron chi connectivity index (χ1n) is 28.4. The third-order valence-electron chi connectivity index (χ3n) is 16.0. The number of hydrogen-bond acceptors (Lipinski definition) is 6. The van der Waals surface area contributed by atoms with Gasteiger partial charge in [0.15, 0.2) is 0 Å². The van der Waals surface area contributed by atoms with Gasteiger partial charge in [-0.1, -0.05) is 212 Å². The zero-order valence-electron chi connectivity index (χ0n) is 46.4. The van der Waals surface area contributed by atoms with E-state index in [2.05, 4.69) is 283 Å². The predicted molar refractivity (Wildman–Crippen MR) is 367 cm³/mol. The van der Waals surface area contributed by atoms with Gasteiger partial charge in [0.25, 0.3) is 0 Å². The highest BCUT2D eigenvalue weighted by molar-refractivity contribution is 14.1. The van der Waals surface area contributed by atoms with Crippen molar-refractivity contribution >= 4 is 100 Å². The Hall–Kier alpha value is -10.4. The Morgan fingerprint density at radius 3 is 1.14 bits per heavy atom. The van der Waals surface area contributed by atoms with E-state index in [1.54, 1.807) is 49.1 Å². The summed E-state index contributed by atoms with van der Waals surface area (Å²) in [6.07, 6.45) is 6.51. The number of halogens is 1. The number of nitrogens with zero attached hydrogens (tertiary/aromatic N) is 4. The van der Waals surface area contributed by atoms with Gasteiger partial charge in [0.2, 0.25) is 0 Å². The van der Waals surface area contributed by atoms with Gasteiger partial charge in [-0.2, -0.15) is 0 Å². The van der Waals surface area contributed by atoms with Crippen LogP contribution in [0.3, 0.4) is 0 Å². The Kier molecular flexibility index (Phi) is 14.8. The van der Waals surface area contributed by atoms with Crippen molar-refractivity contribution in [3.8, 4) is 78.1 Å². The fraction of sp³-hybridized carbons (Fsp3) is 0. The van der Waals surface area contributed by atoms with E-state index in [1.165, 1.54) is 131 Å². The van der Waals surface area contributed by atoms with Gasteiger partial charge >= 0.3 is 7.12 Å². The molecule has 410 valence electrons. The summed E-state index contributed by atoms with van der Waals surface area (Å²) in [7, 11) is -1.43. The summed E-state index contributed by atoms with van der Waals surface area (Å²) in [6, 6.07) is 93.7. The largest absolute Gasteiger partial charge is 0.488 e. The van der Waals surface area contributed by atoms with E-state index >= 15 is 0 Å². The van der Waals surface area contributed by atoms with E-state index in [0.717, 1.165) is 22.5 Å². The number of rotatable bonds is 8. The molecule has 0 radical (unpaired) electrons. The summed E-state index contributed by atoms with van der Waals surface area (Å²) in [5, 5.41) is 28.0. The fourth-order valence-electron chi connectivity index (χ4n) is 11.7. The molecule has 16 aromatic rings. The van der Waals surface area contributed by atoms with Crippen molar-refractivity contribution in [1.29, 1.82) is 0 Å². The molecule has 0 fully saturated rings. The Morgan fingerprint density at radius 1 is 0.326 bits per heavy atom. The zero-order chi connectivity index (χ0) is 57.9. The predicted octanol–water partition coefficient (Wildman–Crippen LogP) is 18.4. The normalized spacial score (nSPS) is 11.2. The minimum absolute atomic E-state index is 0. The van der Waals surface area contributed by atoms with E-state index in [0.29, 0.717) is 5.46 Å². The van der Waals surface area contributed by atoms with Gasteiger partial charge in [0.1, 0.15) is 12.7 Å². The van der Waals surface area contributed by atoms with E-state index in [1.807, 2.05) is 6.07 Å². The van der Waals surface area contributed by atoms with Crippen LogP contribution in [-0.4, -0.2) is 47.1 Å². The van der Waals surface area contributed by atoms with Crippen LogP contribution >= 0.6 is 22.6 Å². The third kappa shape index (κ3) is 10.8. The van der Waals surface area contributed by atoms with Gasteiger partial charge in [0, 0.05) is 77.5 Å². The van der Waals surface area contributed by atoms with Crippen LogP contribution in [0.5, 0.6) is 0 Å². The molecule has 86 heavy (non-hydrogen) atoms. The first-order valence-corrected chi connectivity index (χ1v) is 29.5.